The van der Waals surface area contributed by atoms with Crippen molar-refractivity contribution in [3.05, 3.63) is 0 Å². The van der Waals surface area contributed by atoms with Gasteiger partial charge in [-0.25, -0.2) is 0 Å². The first-order valence-corrected chi connectivity index (χ1v) is 6.24. The summed E-state index contributed by atoms with van der Waals surface area (Å²) >= 11 is 0. The second kappa shape index (κ2) is 7.20. The topological polar surface area (TPSA) is 24.5 Å². The molecule has 0 radical (unpaired) electrons. The third-order valence-electron chi connectivity index (χ3n) is 3.14. The van der Waals surface area contributed by atoms with Crippen molar-refractivity contribution in [3.63, 3.8) is 0 Å². The Labute approximate surface area is 94.2 Å². The number of hydrogen-bond donors (Lipinski definition) is 1. The summed E-state index contributed by atoms with van der Waals surface area (Å²) in [5.74, 6) is 0. The maximum absolute atomic E-state index is 5.37. The van der Waals surface area contributed by atoms with Crippen LogP contribution in [0.15, 0.2) is 0 Å². The molecule has 1 aliphatic heterocycles. The highest BCUT2D eigenvalue weighted by Crippen LogP contribution is 2.12. The van der Waals surface area contributed by atoms with E-state index in [1.807, 2.05) is 7.11 Å². The lowest BCUT2D eigenvalue weighted by Gasteiger charge is -2.33. The zero-order valence-corrected chi connectivity index (χ0v) is 10.5. The lowest BCUT2D eigenvalue weighted by atomic mass is 10.1. The minimum Gasteiger partial charge on any atom is -0.381 e. The molecule has 0 aromatic rings. The van der Waals surface area contributed by atoms with Crippen LogP contribution in [-0.2, 0) is 4.74 Å². The van der Waals surface area contributed by atoms with E-state index in [2.05, 4.69) is 24.1 Å². The van der Waals surface area contributed by atoms with Crippen molar-refractivity contribution in [2.75, 3.05) is 33.3 Å². The smallest absolute Gasteiger partial charge is 0.0595 e. The molecule has 1 rings (SSSR count). The van der Waals surface area contributed by atoms with E-state index in [1.54, 1.807) is 0 Å². The fraction of sp³-hybridized carbons (Fsp3) is 1.00. The van der Waals surface area contributed by atoms with Crippen LogP contribution < -0.4 is 5.32 Å². The fourth-order valence-corrected chi connectivity index (χ4v) is 2.17. The molecule has 0 aromatic heterocycles. The first-order valence-electron chi connectivity index (χ1n) is 6.24. The maximum atomic E-state index is 5.37. The van der Waals surface area contributed by atoms with Crippen LogP contribution in [0.25, 0.3) is 0 Å². The zero-order valence-electron chi connectivity index (χ0n) is 10.5. The van der Waals surface area contributed by atoms with E-state index in [-0.39, 0.29) is 0 Å². The van der Waals surface area contributed by atoms with Crippen LogP contribution in [0.2, 0.25) is 0 Å². The molecule has 0 aliphatic carbocycles. The molecule has 1 saturated heterocycles. The number of nitrogens with one attached hydrogen (secondary N) is 1. The molecule has 90 valence electrons. The van der Waals surface area contributed by atoms with Crippen LogP contribution >= 0.6 is 0 Å². The van der Waals surface area contributed by atoms with Gasteiger partial charge >= 0.3 is 0 Å². The molecule has 0 aromatic carbocycles. The van der Waals surface area contributed by atoms with E-state index >= 15 is 0 Å². The average molecular weight is 214 g/mol. The van der Waals surface area contributed by atoms with E-state index < -0.39 is 0 Å². The van der Waals surface area contributed by atoms with Gasteiger partial charge in [-0.1, -0.05) is 6.92 Å². The zero-order chi connectivity index (χ0) is 11.1. The highest BCUT2D eigenvalue weighted by atomic mass is 16.5. The molecule has 15 heavy (non-hydrogen) atoms. The summed E-state index contributed by atoms with van der Waals surface area (Å²) in [5.41, 5.74) is 0. The van der Waals surface area contributed by atoms with E-state index in [4.69, 9.17) is 4.74 Å². The first-order chi connectivity index (χ1) is 7.26. The third kappa shape index (κ3) is 4.96. The Hall–Kier alpha value is -0.120. The van der Waals surface area contributed by atoms with Crippen LogP contribution in [0, 0.1) is 0 Å². The van der Waals surface area contributed by atoms with Gasteiger partial charge < -0.3 is 15.0 Å². The molecule has 1 heterocycles. The van der Waals surface area contributed by atoms with Crippen molar-refractivity contribution in [1.82, 2.24) is 10.2 Å². The number of ether oxygens (including phenoxy) is 1. The molecule has 1 atom stereocenters. The van der Waals surface area contributed by atoms with Crippen molar-refractivity contribution in [2.24, 2.45) is 0 Å². The maximum Gasteiger partial charge on any atom is 0.0595 e. The predicted octanol–water partition coefficient (Wildman–Crippen LogP) is 1.49. The van der Waals surface area contributed by atoms with Gasteiger partial charge in [-0.15, -0.1) is 0 Å². The molecule has 0 spiro atoms. The number of likely N-dealkylation sites (tertiary alicyclic amines) is 1. The molecule has 1 aliphatic rings. The molecule has 0 bridgehead atoms. The molecule has 3 heteroatoms. The van der Waals surface area contributed by atoms with Crippen molar-refractivity contribution in [1.29, 1.82) is 0 Å². The predicted molar refractivity (Wildman–Crippen MR) is 64.2 cm³/mol. The van der Waals surface area contributed by atoms with Gasteiger partial charge in [0.05, 0.1) is 6.10 Å². The quantitative estimate of drug-likeness (QED) is 0.725. The largest absolute Gasteiger partial charge is 0.381 e. The van der Waals surface area contributed by atoms with Gasteiger partial charge in [0.15, 0.2) is 0 Å². The van der Waals surface area contributed by atoms with Crippen LogP contribution in [-0.4, -0.2) is 50.3 Å². The molecule has 1 N–H and O–H groups in total. The third-order valence-corrected chi connectivity index (χ3v) is 3.14. The highest BCUT2D eigenvalue weighted by molar-refractivity contribution is 4.75. The fourth-order valence-electron chi connectivity index (χ4n) is 2.17. The van der Waals surface area contributed by atoms with Crippen molar-refractivity contribution < 1.29 is 4.74 Å². The Morgan fingerprint density at radius 2 is 2.07 bits per heavy atom. The average Bonchev–Trinajstić information content (AvgIpc) is 2.27. The minimum absolute atomic E-state index is 0.500. The Balaban J connectivity index is 2.12. The molecule has 3 nitrogen and oxygen atoms in total. The van der Waals surface area contributed by atoms with E-state index in [0.717, 1.165) is 6.54 Å². The molecule has 1 unspecified atom stereocenters. The van der Waals surface area contributed by atoms with Gasteiger partial charge in [-0.2, -0.15) is 0 Å². The Morgan fingerprint density at radius 3 is 2.60 bits per heavy atom. The number of methoxy groups -OCH3 is 1. The van der Waals surface area contributed by atoms with Crippen LogP contribution in [0.1, 0.15) is 33.1 Å². The molecule has 0 amide bonds. The molecular weight excluding hydrogens is 188 g/mol. The summed E-state index contributed by atoms with van der Waals surface area (Å²) in [6.07, 6.45) is 4.10. The Bertz CT molecular complexity index is 156. The summed E-state index contributed by atoms with van der Waals surface area (Å²) in [7, 11) is 1.83. The van der Waals surface area contributed by atoms with Gasteiger partial charge in [-0.3, -0.25) is 0 Å². The summed E-state index contributed by atoms with van der Waals surface area (Å²) in [5, 5.41) is 3.53. The molecule has 0 saturated carbocycles. The number of piperidine rings is 1. The van der Waals surface area contributed by atoms with E-state index in [0.29, 0.717) is 12.1 Å². The Kier molecular flexibility index (Phi) is 6.22. The SMILES string of the molecule is CCCNC(C)CN1CCC(OC)CC1. The normalized spacial score (nSPS) is 21.8. The van der Waals surface area contributed by atoms with Gasteiger partial charge in [0, 0.05) is 32.8 Å². The van der Waals surface area contributed by atoms with Gasteiger partial charge in [0.1, 0.15) is 0 Å². The van der Waals surface area contributed by atoms with Crippen LogP contribution in [0.3, 0.4) is 0 Å². The minimum atomic E-state index is 0.500. The highest BCUT2D eigenvalue weighted by Gasteiger charge is 2.19. The summed E-state index contributed by atoms with van der Waals surface area (Å²) < 4.78 is 5.37. The van der Waals surface area contributed by atoms with Gasteiger partial charge in [-0.05, 0) is 32.7 Å². The van der Waals surface area contributed by atoms with Crippen LogP contribution in [0.5, 0.6) is 0 Å². The summed E-state index contributed by atoms with van der Waals surface area (Å²) in [4.78, 5) is 2.54. The monoisotopic (exact) mass is 214 g/mol. The lowest BCUT2D eigenvalue weighted by molar-refractivity contribution is 0.0389. The molecule has 1 fully saturated rings. The van der Waals surface area contributed by atoms with E-state index in [9.17, 15) is 0 Å². The lowest BCUT2D eigenvalue weighted by Crippen LogP contribution is -2.44. The Morgan fingerprint density at radius 1 is 1.40 bits per heavy atom. The van der Waals surface area contributed by atoms with Crippen molar-refractivity contribution in [2.45, 2.75) is 45.3 Å². The van der Waals surface area contributed by atoms with Gasteiger partial charge in [0.2, 0.25) is 0 Å². The van der Waals surface area contributed by atoms with Gasteiger partial charge in [0.25, 0.3) is 0 Å². The first kappa shape index (κ1) is 12.9. The van der Waals surface area contributed by atoms with E-state index in [1.165, 1.54) is 38.9 Å². The van der Waals surface area contributed by atoms with Crippen LogP contribution in [0.4, 0.5) is 0 Å². The second-order valence-corrected chi connectivity index (χ2v) is 4.59. The summed E-state index contributed by atoms with van der Waals surface area (Å²) in [6, 6.07) is 0.615. The standard InChI is InChI=1S/C12H26N2O/c1-4-7-13-11(2)10-14-8-5-12(15-3)6-9-14/h11-13H,4-10H2,1-3H3. The summed E-state index contributed by atoms with van der Waals surface area (Å²) in [6.45, 7) is 9.18. The molecular formula is C12H26N2O. The van der Waals surface area contributed by atoms with Crippen molar-refractivity contribution >= 4 is 0 Å². The second-order valence-electron chi connectivity index (χ2n) is 4.59. The number of hydrogen-bond acceptors (Lipinski definition) is 3. The number of nitrogens with zero attached hydrogens (tertiary/aromatic N) is 1. The number of rotatable bonds is 6. The van der Waals surface area contributed by atoms with Crippen molar-refractivity contribution in [3.8, 4) is 0 Å².